The molecule has 0 aromatic rings. The number of nitrogens with one attached hydrogen (secondary N) is 1. The lowest BCUT2D eigenvalue weighted by atomic mass is 10.1. The van der Waals surface area contributed by atoms with Gasteiger partial charge < -0.3 is 20.9 Å². The lowest BCUT2D eigenvalue weighted by Gasteiger charge is -2.21. The van der Waals surface area contributed by atoms with E-state index in [0.717, 1.165) is 0 Å². The van der Waals surface area contributed by atoms with E-state index in [2.05, 4.69) is 10.1 Å². The maximum Gasteiger partial charge on any atom is 0.328 e. The van der Waals surface area contributed by atoms with Crippen LogP contribution in [0.15, 0.2) is 0 Å². The summed E-state index contributed by atoms with van der Waals surface area (Å²) in [5.41, 5.74) is 4.38. The largest absolute Gasteiger partial charge is 0.480 e. The molecule has 0 fully saturated rings. The molecule has 4 N–H and O–H groups in total. The van der Waals surface area contributed by atoms with Gasteiger partial charge in [-0.2, -0.15) is 0 Å². The molecule has 0 rings (SSSR count). The lowest BCUT2D eigenvalue weighted by molar-refractivity contribution is -0.144. The molecule has 0 bridgehead atoms. The minimum Gasteiger partial charge on any atom is -0.480 e. The molecule has 0 radical (unpaired) electrons. The summed E-state index contributed by atoms with van der Waals surface area (Å²) in [5, 5.41) is 11.0. The van der Waals surface area contributed by atoms with Crippen molar-refractivity contribution in [3.63, 3.8) is 0 Å². The van der Waals surface area contributed by atoms with E-state index in [1.165, 1.54) is 21.0 Å². The van der Waals surface area contributed by atoms with Crippen molar-refractivity contribution >= 4 is 11.9 Å². The highest BCUT2D eigenvalue weighted by Gasteiger charge is 2.27. The maximum absolute atomic E-state index is 11.3. The monoisotopic (exact) mass is 204 g/mol. The normalized spacial score (nSPS) is 13.4. The predicted octanol–water partition coefficient (Wildman–Crippen LogP) is -1.06. The molecular formula is C8H16N2O4. The number of hydrogen-bond donors (Lipinski definition) is 3. The first-order valence-corrected chi connectivity index (χ1v) is 4.10. The first-order valence-electron chi connectivity index (χ1n) is 4.10. The smallest absolute Gasteiger partial charge is 0.328 e. The van der Waals surface area contributed by atoms with E-state index in [-0.39, 0.29) is 6.61 Å². The number of carbonyl (C=O) groups excluding carboxylic acids is 1. The van der Waals surface area contributed by atoms with Crippen LogP contribution >= 0.6 is 0 Å². The van der Waals surface area contributed by atoms with Crippen molar-refractivity contribution in [1.82, 2.24) is 5.32 Å². The topological polar surface area (TPSA) is 102 Å². The Hall–Kier alpha value is -1.14. The van der Waals surface area contributed by atoms with Gasteiger partial charge in [-0.05, 0) is 13.8 Å². The molecule has 0 aromatic heterocycles. The molecule has 0 heterocycles. The van der Waals surface area contributed by atoms with Crippen LogP contribution in [0.4, 0.5) is 0 Å². The van der Waals surface area contributed by atoms with Gasteiger partial charge >= 0.3 is 5.97 Å². The zero-order valence-corrected chi connectivity index (χ0v) is 8.53. The van der Waals surface area contributed by atoms with E-state index in [4.69, 9.17) is 10.8 Å². The van der Waals surface area contributed by atoms with Crippen LogP contribution in [0.25, 0.3) is 0 Å². The van der Waals surface area contributed by atoms with Crippen LogP contribution < -0.4 is 11.1 Å². The van der Waals surface area contributed by atoms with Crippen molar-refractivity contribution in [2.24, 2.45) is 5.73 Å². The number of nitrogens with two attached hydrogens (primary N) is 1. The molecule has 1 amide bonds. The predicted molar refractivity (Wildman–Crippen MR) is 49.7 cm³/mol. The van der Waals surface area contributed by atoms with Crippen molar-refractivity contribution in [2.45, 2.75) is 25.4 Å². The quantitative estimate of drug-likeness (QED) is 0.530. The lowest BCUT2D eigenvalue weighted by Crippen LogP contribution is -2.55. The number of amides is 1. The summed E-state index contributed by atoms with van der Waals surface area (Å²) in [6, 6.07) is -1.06. The molecule has 1 unspecified atom stereocenters. The standard InChI is InChI=1S/C8H16N2O4/c1-8(2,9)7(13)10-5(4-14-3)6(11)12/h5H,4,9H2,1-3H3,(H,10,13)(H,11,12). The maximum atomic E-state index is 11.3. The number of ether oxygens (including phenoxy) is 1. The zero-order chi connectivity index (χ0) is 11.4. The summed E-state index contributed by atoms with van der Waals surface area (Å²) in [5.74, 6) is -1.67. The second-order valence-corrected chi connectivity index (χ2v) is 3.54. The van der Waals surface area contributed by atoms with Gasteiger partial charge in [-0.15, -0.1) is 0 Å². The first kappa shape index (κ1) is 12.9. The summed E-state index contributed by atoms with van der Waals surface area (Å²) >= 11 is 0. The van der Waals surface area contributed by atoms with Crippen LogP contribution in [0.2, 0.25) is 0 Å². The fourth-order valence-electron chi connectivity index (χ4n) is 0.686. The Bertz CT molecular complexity index is 222. The number of rotatable bonds is 5. The minimum atomic E-state index is -1.15. The molecule has 0 spiro atoms. The highest BCUT2D eigenvalue weighted by molar-refractivity contribution is 5.89. The van der Waals surface area contributed by atoms with Gasteiger partial charge in [-0.1, -0.05) is 0 Å². The van der Waals surface area contributed by atoms with Gasteiger partial charge in [-0.25, -0.2) is 4.79 Å². The molecule has 0 aromatic carbocycles. The number of aliphatic carboxylic acids is 1. The van der Waals surface area contributed by atoms with Gasteiger partial charge in [-0.3, -0.25) is 4.79 Å². The molecule has 0 aliphatic rings. The van der Waals surface area contributed by atoms with E-state index in [0.29, 0.717) is 0 Å². The summed E-state index contributed by atoms with van der Waals surface area (Å²) < 4.78 is 4.64. The average molecular weight is 204 g/mol. The van der Waals surface area contributed by atoms with Gasteiger partial charge in [0.05, 0.1) is 12.1 Å². The SMILES string of the molecule is COCC(NC(=O)C(C)(C)N)C(=O)O. The van der Waals surface area contributed by atoms with E-state index in [9.17, 15) is 9.59 Å². The number of methoxy groups -OCH3 is 1. The van der Waals surface area contributed by atoms with Gasteiger partial charge in [0.2, 0.25) is 5.91 Å². The van der Waals surface area contributed by atoms with Gasteiger partial charge in [0.25, 0.3) is 0 Å². The number of carboxylic acid groups (broad SMARTS) is 1. The second kappa shape index (κ2) is 4.92. The van der Waals surface area contributed by atoms with Gasteiger partial charge in [0.15, 0.2) is 6.04 Å². The van der Waals surface area contributed by atoms with Crippen LogP contribution in [-0.2, 0) is 14.3 Å². The fourth-order valence-corrected chi connectivity index (χ4v) is 0.686. The Morgan fingerprint density at radius 2 is 2.07 bits per heavy atom. The van der Waals surface area contributed by atoms with Crippen LogP contribution in [0.1, 0.15) is 13.8 Å². The van der Waals surface area contributed by atoms with Crippen LogP contribution in [0, 0.1) is 0 Å². The summed E-state index contributed by atoms with van der Waals surface area (Å²) in [6.45, 7) is 2.90. The summed E-state index contributed by atoms with van der Waals surface area (Å²) in [4.78, 5) is 21.9. The molecule has 14 heavy (non-hydrogen) atoms. The van der Waals surface area contributed by atoms with E-state index in [1.807, 2.05) is 0 Å². The van der Waals surface area contributed by atoms with Gasteiger partial charge in [0.1, 0.15) is 0 Å². The Labute approximate surface area is 82.4 Å². The molecular weight excluding hydrogens is 188 g/mol. The first-order chi connectivity index (χ1) is 6.29. The van der Waals surface area contributed by atoms with Crippen molar-refractivity contribution in [3.05, 3.63) is 0 Å². The number of hydrogen-bond acceptors (Lipinski definition) is 4. The molecule has 6 nitrogen and oxygen atoms in total. The molecule has 1 atom stereocenters. The molecule has 6 heteroatoms. The molecule has 0 saturated carbocycles. The molecule has 82 valence electrons. The van der Waals surface area contributed by atoms with Crippen molar-refractivity contribution in [1.29, 1.82) is 0 Å². The minimum absolute atomic E-state index is 0.0862. The highest BCUT2D eigenvalue weighted by atomic mass is 16.5. The molecule has 0 aliphatic heterocycles. The van der Waals surface area contributed by atoms with Crippen molar-refractivity contribution < 1.29 is 19.4 Å². The van der Waals surface area contributed by atoms with Crippen LogP contribution in [0.5, 0.6) is 0 Å². The van der Waals surface area contributed by atoms with E-state index in [1.54, 1.807) is 0 Å². The van der Waals surface area contributed by atoms with E-state index < -0.39 is 23.5 Å². The van der Waals surface area contributed by atoms with Crippen LogP contribution in [-0.4, -0.2) is 42.3 Å². The zero-order valence-electron chi connectivity index (χ0n) is 8.53. The average Bonchev–Trinajstić information content (AvgIpc) is 2.01. The Kier molecular flexibility index (Phi) is 4.52. The Balaban J connectivity index is 4.31. The van der Waals surface area contributed by atoms with Gasteiger partial charge in [0, 0.05) is 7.11 Å². The second-order valence-electron chi connectivity index (χ2n) is 3.54. The van der Waals surface area contributed by atoms with Crippen molar-refractivity contribution in [3.8, 4) is 0 Å². The summed E-state index contributed by atoms with van der Waals surface area (Å²) in [6.07, 6.45) is 0. The number of carbonyl (C=O) groups is 2. The third-order valence-electron chi connectivity index (χ3n) is 1.52. The Morgan fingerprint density at radius 1 is 1.57 bits per heavy atom. The Morgan fingerprint density at radius 3 is 2.36 bits per heavy atom. The van der Waals surface area contributed by atoms with Crippen molar-refractivity contribution in [2.75, 3.05) is 13.7 Å². The fraction of sp³-hybridized carbons (Fsp3) is 0.750. The third-order valence-corrected chi connectivity index (χ3v) is 1.52. The highest BCUT2D eigenvalue weighted by Crippen LogP contribution is 1.97. The van der Waals surface area contributed by atoms with Crippen LogP contribution in [0.3, 0.4) is 0 Å². The molecule has 0 aliphatic carbocycles. The number of carboxylic acids is 1. The summed E-state index contributed by atoms with van der Waals surface area (Å²) in [7, 11) is 1.36. The van der Waals surface area contributed by atoms with E-state index >= 15 is 0 Å². The molecule has 0 saturated heterocycles. The third kappa shape index (κ3) is 4.20.